The molecule has 1 aliphatic rings. The number of ketones is 1. The minimum absolute atomic E-state index is 0.0279. The fourth-order valence-electron chi connectivity index (χ4n) is 3.10. The first-order chi connectivity index (χ1) is 12.4. The lowest BCUT2D eigenvalue weighted by molar-refractivity contribution is -0.137. The van der Waals surface area contributed by atoms with E-state index < -0.39 is 5.97 Å². The second-order valence-corrected chi connectivity index (χ2v) is 6.52. The van der Waals surface area contributed by atoms with Crippen molar-refractivity contribution in [3.8, 4) is 0 Å². The van der Waals surface area contributed by atoms with Gasteiger partial charge in [0.25, 0.3) is 0 Å². The summed E-state index contributed by atoms with van der Waals surface area (Å²) in [5, 5.41) is 11.1. The number of rotatable bonds is 8. The van der Waals surface area contributed by atoms with Crippen molar-refractivity contribution in [2.75, 3.05) is 13.1 Å². The average molecular weight is 360 g/mol. The van der Waals surface area contributed by atoms with Crippen molar-refractivity contribution >= 4 is 23.6 Å². The molecule has 2 rings (SSSR count). The molecular formula is C19H24N2O5. The number of likely N-dealkylation sites (tertiary alicyclic amines) is 1. The van der Waals surface area contributed by atoms with Gasteiger partial charge < -0.3 is 15.3 Å². The highest BCUT2D eigenvalue weighted by atomic mass is 16.4. The van der Waals surface area contributed by atoms with Crippen LogP contribution in [0, 0.1) is 0 Å². The maximum atomic E-state index is 12.4. The van der Waals surface area contributed by atoms with E-state index in [-0.39, 0.29) is 49.4 Å². The molecule has 1 heterocycles. The Hall–Kier alpha value is -2.70. The number of benzene rings is 1. The van der Waals surface area contributed by atoms with Crippen LogP contribution in [0.5, 0.6) is 0 Å². The van der Waals surface area contributed by atoms with Gasteiger partial charge >= 0.3 is 5.97 Å². The van der Waals surface area contributed by atoms with E-state index in [2.05, 4.69) is 5.32 Å². The van der Waals surface area contributed by atoms with Gasteiger partial charge in [0.1, 0.15) is 0 Å². The van der Waals surface area contributed by atoms with E-state index in [4.69, 9.17) is 5.11 Å². The maximum Gasteiger partial charge on any atom is 0.305 e. The molecule has 1 fully saturated rings. The molecule has 1 aromatic rings. The average Bonchev–Trinajstić information content (AvgIpc) is 3.06. The molecule has 0 saturated carbocycles. The van der Waals surface area contributed by atoms with Gasteiger partial charge in [-0.25, -0.2) is 0 Å². The van der Waals surface area contributed by atoms with Crippen LogP contribution in [0.25, 0.3) is 0 Å². The van der Waals surface area contributed by atoms with Crippen LogP contribution >= 0.6 is 0 Å². The normalized spacial score (nSPS) is 16.3. The fraction of sp³-hybridized carbons (Fsp3) is 0.474. The van der Waals surface area contributed by atoms with E-state index in [9.17, 15) is 19.2 Å². The molecule has 7 heteroatoms. The van der Waals surface area contributed by atoms with Crippen LogP contribution in [0.4, 0.5) is 0 Å². The van der Waals surface area contributed by atoms with Gasteiger partial charge in [-0.1, -0.05) is 24.3 Å². The van der Waals surface area contributed by atoms with Crippen molar-refractivity contribution in [1.29, 1.82) is 0 Å². The molecule has 1 saturated heterocycles. The summed E-state index contributed by atoms with van der Waals surface area (Å²) >= 11 is 0. The van der Waals surface area contributed by atoms with Gasteiger partial charge in [0.05, 0.1) is 25.3 Å². The third kappa shape index (κ3) is 5.68. The van der Waals surface area contributed by atoms with Gasteiger partial charge in [-0.05, 0) is 30.9 Å². The molecule has 0 unspecified atom stereocenters. The predicted molar refractivity (Wildman–Crippen MR) is 94.5 cm³/mol. The van der Waals surface area contributed by atoms with E-state index in [1.807, 2.05) is 0 Å². The summed E-state index contributed by atoms with van der Waals surface area (Å²) < 4.78 is 0. The molecule has 1 atom stereocenters. The molecule has 26 heavy (non-hydrogen) atoms. The minimum Gasteiger partial charge on any atom is -0.481 e. The third-order valence-corrected chi connectivity index (χ3v) is 4.45. The standard InChI is InChI=1S/C19H24N2O5/c1-13(22)16-3-2-10-21(16)18(24)12-15-6-4-14(5-7-15)11-17(23)20-9-8-19(25)26/h4-7,16H,2-3,8-12H2,1H3,(H,20,23)(H,25,26)/t16-/m0/s1. The number of aliphatic carboxylic acids is 1. The molecule has 2 N–H and O–H groups in total. The second kappa shape index (κ2) is 9.12. The second-order valence-electron chi connectivity index (χ2n) is 6.52. The Kier molecular flexibility index (Phi) is 6.89. The lowest BCUT2D eigenvalue weighted by atomic mass is 10.1. The van der Waals surface area contributed by atoms with Crippen molar-refractivity contribution in [1.82, 2.24) is 10.2 Å². The van der Waals surface area contributed by atoms with E-state index in [0.29, 0.717) is 6.54 Å². The quantitative estimate of drug-likeness (QED) is 0.718. The SMILES string of the molecule is CC(=O)[C@@H]1CCCN1C(=O)Cc1ccc(CC(=O)NCCC(=O)O)cc1. The van der Waals surface area contributed by atoms with Crippen molar-refractivity contribution in [3.05, 3.63) is 35.4 Å². The first kappa shape index (κ1) is 19.6. The fourth-order valence-corrected chi connectivity index (χ4v) is 3.10. The number of nitrogens with one attached hydrogen (secondary N) is 1. The molecule has 1 aromatic carbocycles. The summed E-state index contributed by atoms with van der Waals surface area (Å²) in [6, 6.07) is 6.88. The Morgan fingerprint density at radius 3 is 2.31 bits per heavy atom. The van der Waals surface area contributed by atoms with Gasteiger partial charge in [0, 0.05) is 13.1 Å². The Morgan fingerprint density at radius 1 is 1.12 bits per heavy atom. The number of carbonyl (C=O) groups is 4. The van der Waals surface area contributed by atoms with E-state index in [0.717, 1.165) is 24.0 Å². The third-order valence-electron chi connectivity index (χ3n) is 4.45. The van der Waals surface area contributed by atoms with Crippen LogP contribution in [-0.2, 0) is 32.0 Å². The van der Waals surface area contributed by atoms with Crippen molar-refractivity contribution in [2.24, 2.45) is 0 Å². The molecule has 0 spiro atoms. The van der Waals surface area contributed by atoms with Gasteiger partial charge in [0.15, 0.2) is 5.78 Å². The smallest absolute Gasteiger partial charge is 0.305 e. The van der Waals surface area contributed by atoms with Crippen molar-refractivity contribution < 1.29 is 24.3 Å². The van der Waals surface area contributed by atoms with Crippen LogP contribution in [0.15, 0.2) is 24.3 Å². The van der Waals surface area contributed by atoms with Gasteiger partial charge in [-0.3, -0.25) is 19.2 Å². The number of hydrogen-bond acceptors (Lipinski definition) is 4. The Morgan fingerprint density at radius 2 is 1.73 bits per heavy atom. The summed E-state index contributed by atoms with van der Waals surface area (Å²) in [5.74, 6) is -1.22. The zero-order valence-electron chi connectivity index (χ0n) is 14.9. The summed E-state index contributed by atoms with van der Waals surface area (Å²) in [7, 11) is 0. The highest BCUT2D eigenvalue weighted by molar-refractivity contribution is 5.89. The van der Waals surface area contributed by atoms with Gasteiger partial charge in [0.2, 0.25) is 11.8 Å². The van der Waals surface area contributed by atoms with E-state index in [1.165, 1.54) is 6.92 Å². The summed E-state index contributed by atoms with van der Waals surface area (Å²) in [5.41, 5.74) is 1.62. The molecule has 0 aliphatic carbocycles. The number of carbonyl (C=O) groups excluding carboxylic acids is 3. The molecular weight excluding hydrogens is 336 g/mol. The van der Waals surface area contributed by atoms with Gasteiger partial charge in [-0.2, -0.15) is 0 Å². The van der Waals surface area contributed by atoms with E-state index >= 15 is 0 Å². The Balaban J connectivity index is 1.85. The Labute approximate surface area is 152 Å². The highest BCUT2D eigenvalue weighted by Crippen LogP contribution is 2.19. The van der Waals surface area contributed by atoms with Crippen LogP contribution in [0.3, 0.4) is 0 Å². The zero-order valence-corrected chi connectivity index (χ0v) is 14.9. The van der Waals surface area contributed by atoms with Crippen LogP contribution < -0.4 is 5.32 Å². The van der Waals surface area contributed by atoms with Crippen LogP contribution in [0.1, 0.15) is 37.3 Å². The summed E-state index contributed by atoms with van der Waals surface area (Å²) in [6.07, 6.45) is 1.87. The predicted octanol–water partition coefficient (Wildman–Crippen LogP) is 0.942. The largest absolute Gasteiger partial charge is 0.481 e. The number of hydrogen-bond donors (Lipinski definition) is 2. The summed E-state index contributed by atoms with van der Waals surface area (Å²) in [6.45, 7) is 2.25. The monoisotopic (exact) mass is 360 g/mol. The van der Waals surface area contributed by atoms with Crippen molar-refractivity contribution in [3.63, 3.8) is 0 Å². The van der Waals surface area contributed by atoms with Gasteiger partial charge in [-0.15, -0.1) is 0 Å². The topological polar surface area (TPSA) is 104 Å². The molecule has 0 radical (unpaired) electrons. The molecule has 7 nitrogen and oxygen atoms in total. The lowest BCUT2D eigenvalue weighted by Gasteiger charge is -2.22. The molecule has 2 amide bonds. The first-order valence-electron chi connectivity index (χ1n) is 8.73. The number of carboxylic acid groups (broad SMARTS) is 1. The molecule has 140 valence electrons. The number of carboxylic acids is 1. The number of Topliss-reactive ketones (excluding diaryl/α,β-unsaturated/α-hetero) is 1. The number of nitrogens with zero attached hydrogens (tertiary/aromatic N) is 1. The van der Waals surface area contributed by atoms with E-state index in [1.54, 1.807) is 29.2 Å². The zero-order chi connectivity index (χ0) is 19.1. The Bertz CT molecular complexity index is 684. The highest BCUT2D eigenvalue weighted by Gasteiger charge is 2.31. The summed E-state index contributed by atoms with van der Waals surface area (Å²) in [4.78, 5) is 47.8. The first-order valence-corrected chi connectivity index (χ1v) is 8.73. The van der Waals surface area contributed by atoms with Crippen LogP contribution in [0.2, 0.25) is 0 Å². The minimum atomic E-state index is -0.954. The van der Waals surface area contributed by atoms with Crippen molar-refractivity contribution in [2.45, 2.75) is 45.1 Å². The molecule has 0 aromatic heterocycles. The lowest BCUT2D eigenvalue weighted by Crippen LogP contribution is -2.40. The van der Waals surface area contributed by atoms with Crippen LogP contribution in [-0.4, -0.2) is 52.7 Å². The maximum absolute atomic E-state index is 12.4. The number of amides is 2. The molecule has 0 bridgehead atoms. The molecule has 1 aliphatic heterocycles.